The van der Waals surface area contributed by atoms with E-state index in [4.69, 9.17) is 16.8 Å². The molecule has 0 saturated carbocycles. The molecule has 0 spiro atoms. The highest BCUT2D eigenvalue weighted by Gasteiger charge is 2.07. The van der Waals surface area contributed by atoms with Crippen LogP contribution >= 0.6 is 24.0 Å². The van der Waals surface area contributed by atoms with Crippen molar-refractivity contribution in [3.63, 3.8) is 0 Å². The molecular formula is C10H12N6O2S2. The minimum atomic E-state index is -0.120. The Kier molecular flexibility index (Phi) is 3.49. The second-order valence-electron chi connectivity index (χ2n) is 4.12. The number of thioether (sulfide) groups is 1. The van der Waals surface area contributed by atoms with E-state index in [0.29, 0.717) is 22.7 Å². The summed E-state index contributed by atoms with van der Waals surface area (Å²) in [6, 6.07) is 1.84. The molecular weight excluding hydrogens is 300 g/mol. The number of hydrogen-bond donors (Lipinski definition) is 1. The van der Waals surface area contributed by atoms with Gasteiger partial charge < -0.3 is 0 Å². The second-order valence-corrected chi connectivity index (χ2v) is 5.65. The van der Waals surface area contributed by atoms with E-state index in [0.717, 1.165) is 11.4 Å². The van der Waals surface area contributed by atoms with E-state index in [1.807, 2.05) is 6.07 Å². The summed E-state index contributed by atoms with van der Waals surface area (Å²) >= 11 is 6.89. The number of H-pyrrole nitrogens is 1. The molecule has 3 rings (SSSR count). The van der Waals surface area contributed by atoms with Crippen molar-refractivity contribution in [1.29, 1.82) is 0 Å². The van der Waals surface area contributed by atoms with Gasteiger partial charge in [-0.05, 0) is 6.07 Å². The molecule has 1 N–H and O–H groups in total. The summed E-state index contributed by atoms with van der Waals surface area (Å²) < 4.78 is 9.83. The third kappa shape index (κ3) is 2.43. The fraction of sp³-hybridized carbons (Fsp3) is 0.400. The molecule has 0 fully saturated rings. The molecule has 3 aromatic rings. The Labute approximate surface area is 122 Å². The zero-order valence-electron chi connectivity index (χ0n) is 10.6. The van der Waals surface area contributed by atoms with Crippen LogP contribution in [-0.2, 0) is 19.3 Å². The number of nitrogens with zero attached hydrogens (tertiary/aromatic N) is 5. The van der Waals surface area contributed by atoms with Crippen LogP contribution in [0.25, 0.3) is 5.78 Å². The van der Waals surface area contributed by atoms with E-state index in [9.17, 15) is 4.79 Å². The molecule has 0 aromatic carbocycles. The molecule has 0 aliphatic rings. The molecule has 0 saturated heterocycles. The Balaban J connectivity index is 1.59. The molecule has 0 unspecified atom stereocenters. The summed E-state index contributed by atoms with van der Waals surface area (Å²) in [6.07, 6.45) is 1.55. The summed E-state index contributed by atoms with van der Waals surface area (Å²) in [7, 11) is 1.58. The Morgan fingerprint density at radius 2 is 2.40 bits per heavy atom. The van der Waals surface area contributed by atoms with Crippen molar-refractivity contribution in [2.45, 2.75) is 12.3 Å². The minimum Gasteiger partial charge on any atom is -0.283 e. The lowest BCUT2D eigenvalue weighted by Crippen LogP contribution is -2.36. The van der Waals surface area contributed by atoms with Crippen LogP contribution in [0.4, 0.5) is 0 Å². The molecule has 3 heterocycles. The number of fused-ring (bicyclic) bond motifs is 1. The maximum atomic E-state index is 11.3. The van der Waals surface area contributed by atoms with Gasteiger partial charge in [-0.25, -0.2) is 19.3 Å². The molecule has 0 aliphatic heterocycles. The predicted molar refractivity (Wildman–Crippen MR) is 76.3 cm³/mol. The Bertz CT molecular complexity index is 838. The fourth-order valence-corrected chi connectivity index (χ4v) is 2.81. The van der Waals surface area contributed by atoms with E-state index in [-0.39, 0.29) is 5.69 Å². The first kappa shape index (κ1) is 13.2. The normalized spacial score (nSPS) is 11.4. The SMILES string of the molecule is Cn1on(CCSCc2cc(=S)n3[nH]cnc3n2)c1=O. The largest absolute Gasteiger partial charge is 0.389 e. The van der Waals surface area contributed by atoms with Crippen LogP contribution in [0.2, 0.25) is 0 Å². The van der Waals surface area contributed by atoms with Gasteiger partial charge >= 0.3 is 5.69 Å². The lowest BCUT2D eigenvalue weighted by Gasteiger charge is -2.09. The monoisotopic (exact) mass is 312 g/mol. The molecule has 20 heavy (non-hydrogen) atoms. The smallest absolute Gasteiger partial charge is 0.283 e. The predicted octanol–water partition coefficient (Wildman–Crippen LogP) is 0.813. The first-order valence-corrected chi connectivity index (χ1v) is 7.44. The van der Waals surface area contributed by atoms with Crippen LogP contribution in [-0.4, -0.2) is 34.8 Å². The van der Waals surface area contributed by atoms with Gasteiger partial charge in [0.25, 0.3) is 5.78 Å². The number of aryl methyl sites for hydroxylation is 2. The van der Waals surface area contributed by atoms with E-state index in [1.165, 1.54) is 9.48 Å². The lowest BCUT2D eigenvalue weighted by atomic mass is 10.5. The zero-order chi connectivity index (χ0) is 14.1. The topological polar surface area (TPSA) is 86.1 Å². The van der Waals surface area contributed by atoms with Crippen molar-refractivity contribution in [1.82, 2.24) is 29.1 Å². The first-order chi connectivity index (χ1) is 9.65. The van der Waals surface area contributed by atoms with Gasteiger partial charge in [0.05, 0.1) is 19.3 Å². The standard InChI is InChI=1S/C10H12N6O2S2/c1-14-10(17)15(18-14)2-3-20-5-7-4-8(19)16-9(13-7)11-6-12-16/h4,6H,2-3,5H2,1H3,(H,11,12,13). The van der Waals surface area contributed by atoms with Crippen molar-refractivity contribution in [2.24, 2.45) is 7.05 Å². The van der Waals surface area contributed by atoms with Crippen molar-refractivity contribution < 1.29 is 4.63 Å². The average Bonchev–Trinajstić information content (AvgIpc) is 2.90. The van der Waals surface area contributed by atoms with Crippen molar-refractivity contribution in [2.75, 3.05) is 5.75 Å². The van der Waals surface area contributed by atoms with Gasteiger partial charge in [0.15, 0.2) is 0 Å². The van der Waals surface area contributed by atoms with Crippen molar-refractivity contribution in [3.8, 4) is 0 Å². The minimum absolute atomic E-state index is 0.120. The number of hydrogen-bond acceptors (Lipinski definition) is 6. The number of aromatic nitrogens is 6. The Morgan fingerprint density at radius 1 is 1.55 bits per heavy atom. The van der Waals surface area contributed by atoms with Gasteiger partial charge in [0.1, 0.15) is 11.0 Å². The Hall–Kier alpha value is -1.81. The quantitative estimate of drug-likeness (QED) is 0.554. The van der Waals surface area contributed by atoms with Gasteiger partial charge in [-0.15, -0.1) is 9.48 Å². The summed E-state index contributed by atoms with van der Waals surface area (Å²) in [5.74, 6) is 2.04. The van der Waals surface area contributed by atoms with Crippen LogP contribution in [0.3, 0.4) is 0 Å². The molecule has 8 nitrogen and oxygen atoms in total. The molecule has 0 bridgehead atoms. The molecule has 10 heteroatoms. The van der Waals surface area contributed by atoms with Gasteiger partial charge in [0.2, 0.25) is 0 Å². The highest BCUT2D eigenvalue weighted by molar-refractivity contribution is 7.98. The maximum Gasteiger partial charge on any atom is 0.389 e. The lowest BCUT2D eigenvalue weighted by molar-refractivity contribution is 0.0301. The molecule has 0 amide bonds. The van der Waals surface area contributed by atoms with E-state index >= 15 is 0 Å². The molecule has 0 atom stereocenters. The van der Waals surface area contributed by atoms with E-state index in [2.05, 4.69) is 15.1 Å². The highest BCUT2D eigenvalue weighted by atomic mass is 32.2. The second kappa shape index (κ2) is 5.29. The first-order valence-electron chi connectivity index (χ1n) is 5.88. The summed E-state index contributed by atoms with van der Waals surface area (Å²) in [5.41, 5.74) is 0.756. The summed E-state index contributed by atoms with van der Waals surface area (Å²) in [4.78, 5) is 19.7. The van der Waals surface area contributed by atoms with E-state index < -0.39 is 0 Å². The Morgan fingerprint density at radius 3 is 3.15 bits per heavy atom. The maximum absolute atomic E-state index is 11.3. The fourth-order valence-electron chi connectivity index (χ4n) is 1.75. The zero-order valence-corrected chi connectivity index (χ0v) is 12.3. The number of rotatable bonds is 5. The van der Waals surface area contributed by atoms with Crippen LogP contribution in [0.5, 0.6) is 0 Å². The van der Waals surface area contributed by atoms with Crippen LogP contribution in [0, 0.1) is 4.64 Å². The van der Waals surface area contributed by atoms with Gasteiger partial charge in [-0.3, -0.25) is 9.73 Å². The average molecular weight is 312 g/mol. The van der Waals surface area contributed by atoms with Gasteiger partial charge in [-0.1, -0.05) is 12.2 Å². The van der Waals surface area contributed by atoms with Gasteiger partial charge in [0, 0.05) is 11.5 Å². The highest BCUT2D eigenvalue weighted by Crippen LogP contribution is 2.11. The molecule has 0 radical (unpaired) electrons. The molecule has 3 aromatic heterocycles. The van der Waals surface area contributed by atoms with Crippen molar-refractivity contribution >= 4 is 29.8 Å². The third-order valence-corrected chi connectivity index (χ3v) is 3.98. The van der Waals surface area contributed by atoms with E-state index in [1.54, 1.807) is 29.7 Å². The number of aromatic amines is 1. The third-order valence-electron chi connectivity index (χ3n) is 2.71. The van der Waals surface area contributed by atoms with Crippen LogP contribution < -0.4 is 5.69 Å². The van der Waals surface area contributed by atoms with Crippen molar-refractivity contribution in [3.05, 3.63) is 33.2 Å². The van der Waals surface area contributed by atoms with Gasteiger partial charge in [-0.2, -0.15) is 11.8 Å². The van der Waals surface area contributed by atoms with Crippen LogP contribution in [0.15, 0.2) is 21.8 Å². The van der Waals surface area contributed by atoms with Crippen LogP contribution in [0.1, 0.15) is 5.69 Å². The number of nitrogens with one attached hydrogen (secondary N) is 1. The summed E-state index contributed by atoms with van der Waals surface area (Å²) in [6.45, 7) is 0.550. The molecule has 106 valence electrons. The summed E-state index contributed by atoms with van der Waals surface area (Å²) in [5, 5.41) is 2.89. The molecule has 0 aliphatic carbocycles.